The number of benzene rings is 1. The van der Waals surface area contributed by atoms with E-state index < -0.39 is 5.54 Å². The zero-order valence-electron chi connectivity index (χ0n) is 14.8. The van der Waals surface area contributed by atoms with Gasteiger partial charge in [0.2, 0.25) is 17.6 Å². The second-order valence-electron chi connectivity index (χ2n) is 5.97. The molecule has 0 aliphatic carbocycles. The molecule has 0 saturated heterocycles. The molecule has 132 valence electrons. The Morgan fingerprint density at radius 2 is 2.12 bits per heavy atom. The summed E-state index contributed by atoms with van der Waals surface area (Å²) in [5.74, 6) is 4.34. The monoisotopic (exact) mass is 341 g/mol. The molecular formula is C19H23N3O3. The molecule has 6 nitrogen and oxygen atoms in total. The Morgan fingerprint density at radius 1 is 1.40 bits per heavy atom. The largest absolute Gasteiger partial charge is 0.497 e. The highest BCUT2D eigenvalue weighted by Gasteiger charge is 2.20. The van der Waals surface area contributed by atoms with Crippen molar-refractivity contribution in [2.24, 2.45) is 0 Å². The van der Waals surface area contributed by atoms with E-state index in [1.807, 2.05) is 38.1 Å². The summed E-state index contributed by atoms with van der Waals surface area (Å²) in [6.45, 7) is 3.78. The van der Waals surface area contributed by atoms with Crippen molar-refractivity contribution in [2.75, 3.05) is 7.11 Å². The molecule has 1 heterocycles. The minimum Gasteiger partial charge on any atom is -0.497 e. The number of hydrogen-bond acceptors (Lipinski definition) is 5. The quantitative estimate of drug-likeness (QED) is 0.747. The van der Waals surface area contributed by atoms with Crippen LogP contribution in [0.4, 0.5) is 0 Å². The van der Waals surface area contributed by atoms with Crippen molar-refractivity contribution in [3.63, 3.8) is 0 Å². The molecule has 0 aliphatic heterocycles. The number of carbonyl (C=O) groups excluding carboxylic acids is 1. The molecule has 0 aliphatic rings. The van der Waals surface area contributed by atoms with Crippen LogP contribution in [0.15, 0.2) is 28.8 Å². The van der Waals surface area contributed by atoms with Gasteiger partial charge in [-0.05, 0) is 44.0 Å². The summed E-state index contributed by atoms with van der Waals surface area (Å²) in [6.07, 6.45) is 7.65. The zero-order chi connectivity index (χ0) is 18.3. The van der Waals surface area contributed by atoms with E-state index in [1.54, 1.807) is 7.11 Å². The molecule has 0 spiro atoms. The first-order chi connectivity index (χ1) is 12.0. The van der Waals surface area contributed by atoms with Gasteiger partial charge in [0.25, 0.3) is 0 Å². The topological polar surface area (TPSA) is 77.2 Å². The van der Waals surface area contributed by atoms with Crippen LogP contribution >= 0.6 is 0 Å². The van der Waals surface area contributed by atoms with Gasteiger partial charge >= 0.3 is 0 Å². The van der Waals surface area contributed by atoms with Gasteiger partial charge in [-0.15, -0.1) is 6.42 Å². The van der Waals surface area contributed by atoms with E-state index in [-0.39, 0.29) is 5.91 Å². The Kier molecular flexibility index (Phi) is 6.18. The number of ether oxygens (including phenoxy) is 1. The van der Waals surface area contributed by atoms with Crippen molar-refractivity contribution in [3.8, 4) is 29.5 Å². The van der Waals surface area contributed by atoms with Gasteiger partial charge < -0.3 is 14.6 Å². The van der Waals surface area contributed by atoms with Crippen LogP contribution in [0.2, 0.25) is 0 Å². The number of hydrogen-bond donors (Lipinski definition) is 1. The van der Waals surface area contributed by atoms with Crippen molar-refractivity contribution in [1.82, 2.24) is 15.5 Å². The predicted molar refractivity (Wildman–Crippen MR) is 94.9 cm³/mol. The standard InChI is InChI=1S/C19H23N3O3/c1-5-19(3,6-2)21-16(23)8-7-9-17-20-18(22-25-17)14-10-12-15(24-4)13-11-14/h1,10-13H,6-9H2,2-4H3,(H,21,23). The van der Waals surface area contributed by atoms with Crippen LogP contribution in [0.1, 0.15) is 39.0 Å². The number of aromatic nitrogens is 2. The lowest BCUT2D eigenvalue weighted by molar-refractivity contribution is -0.122. The van der Waals surface area contributed by atoms with E-state index in [1.165, 1.54) is 0 Å². The highest BCUT2D eigenvalue weighted by molar-refractivity contribution is 5.77. The molecule has 0 bridgehead atoms. The summed E-state index contributed by atoms with van der Waals surface area (Å²) in [7, 11) is 1.62. The molecule has 0 fully saturated rings. The minimum absolute atomic E-state index is 0.0720. The number of carbonyl (C=O) groups is 1. The van der Waals surface area contributed by atoms with Gasteiger partial charge in [-0.1, -0.05) is 18.0 Å². The molecule has 1 aromatic heterocycles. The van der Waals surface area contributed by atoms with E-state index in [4.69, 9.17) is 15.7 Å². The molecule has 2 aromatic rings. The smallest absolute Gasteiger partial charge is 0.226 e. The maximum atomic E-state index is 12.0. The number of methoxy groups -OCH3 is 1. The molecule has 1 unspecified atom stereocenters. The summed E-state index contributed by atoms with van der Waals surface area (Å²) < 4.78 is 10.4. The van der Waals surface area contributed by atoms with Crippen LogP contribution in [0.25, 0.3) is 11.4 Å². The molecule has 6 heteroatoms. The summed E-state index contributed by atoms with van der Waals surface area (Å²) >= 11 is 0. The van der Waals surface area contributed by atoms with Crippen LogP contribution in [-0.2, 0) is 11.2 Å². The molecule has 1 amide bonds. The van der Waals surface area contributed by atoms with E-state index in [0.29, 0.717) is 37.4 Å². The maximum Gasteiger partial charge on any atom is 0.226 e. The number of aryl methyl sites for hydroxylation is 1. The molecule has 2 rings (SSSR count). The van der Waals surface area contributed by atoms with Crippen molar-refractivity contribution >= 4 is 5.91 Å². The van der Waals surface area contributed by atoms with Crippen molar-refractivity contribution in [1.29, 1.82) is 0 Å². The molecule has 1 N–H and O–H groups in total. The van der Waals surface area contributed by atoms with Crippen molar-refractivity contribution in [2.45, 2.75) is 45.1 Å². The third-order valence-corrected chi connectivity index (χ3v) is 4.05. The maximum absolute atomic E-state index is 12.0. The van der Waals surface area contributed by atoms with Gasteiger partial charge in [-0.3, -0.25) is 4.79 Å². The van der Waals surface area contributed by atoms with Gasteiger partial charge in [-0.2, -0.15) is 4.98 Å². The summed E-state index contributed by atoms with van der Waals surface area (Å²) in [4.78, 5) is 16.3. The molecule has 0 radical (unpaired) electrons. The molecule has 0 saturated carbocycles. The third-order valence-electron chi connectivity index (χ3n) is 4.05. The van der Waals surface area contributed by atoms with Crippen molar-refractivity contribution in [3.05, 3.63) is 30.2 Å². The first kappa shape index (κ1) is 18.5. The van der Waals surface area contributed by atoms with Gasteiger partial charge in [0.05, 0.1) is 12.6 Å². The minimum atomic E-state index is -0.594. The molecule has 25 heavy (non-hydrogen) atoms. The number of rotatable bonds is 8. The number of terminal acetylenes is 1. The van der Waals surface area contributed by atoms with Crippen LogP contribution in [0, 0.1) is 12.3 Å². The van der Waals surface area contributed by atoms with E-state index >= 15 is 0 Å². The van der Waals surface area contributed by atoms with Gasteiger partial charge in [-0.25, -0.2) is 0 Å². The summed E-state index contributed by atoms with van der Waals surface area (Å²) in [5.41, 5.74) is 0.254. The zero-order valence-corrected chi connectivity index (χ0v) is 14.8. The summed E-state index contributed by atoms with van der Waals surface area (Å²) in [6, 6.07) is 7.41. The summed E-state index contributed by atoms with van der Waals surface area (Å²) in [5, 5.41) is 6.84. The average Bonchev–Trinajstić information content (AvgIpc) is 3.10. The fourth-order valence-electron chi connectivity index (χ4n) is 2.21. The predicted octanol–water partition coefficient (Wildman–Crippen LogP) is 2.99. The van der Waals surface area contributed by atoms with Crippen molar-refractivity contribution < 1.29 is 14.1 Å². The first-order valence-corrected chi connectivity index (χ1v) is 8.25. The molecule has 1 aromatic carbocycles. The second kappa shape index (κ2) is 8.34. The van der Waals surface area contributed by atoms with Gasteiger partial charge in [0.15, 0.2) is 0 Å². The second-order valence-corrected chi connectivity index (χ2v) is 5.97. The normalized spacial score (nSPS) is 12.9. The highest BCUT2D eigenvalue weighted by atomic mass is 16.5. The Bertz CT molecular complexity index is 746. The Labute approximate surface area is 148 Å². The van der Waals surface area contributed by atoms with Gasteiger partial charge in [0.1, 0.15) is 5.75 Å². The lowest BCUT2D eigenvalue weighted by Gasteiger charge is -2.23. The van der Waals surface area contributed by atoms with Crippen LogP contribution in [0.3, 0.4) is 0 Å². The molecule has 1 atom stereocenters. The average molecular weight is 341 g/mol. The number of nitrogens with zero attached hydrogens (tertiary/aromatic N) is 2. The van der Waals surface area contributed by atoms with Gasteiger partial charge in [0, 0.05) is 18.4 Å². The fraction of sp³-hybridized carbons (Fsp3) is 0.421. The van der Waals surface area contributed by atoms with E-state index in [0.717, 1.165) is 11.3 Å². The SMILES string of the molecule is C#CC(C)(CC)NC(=O)CCCc1nc(-c2ccc(OC)cc2)no1. The number of nitrogens with one attached hydrogen (secondary N) is 1. The Hall–Kier alpha value is -2.81. The lowest BCUT2D eigenvalue weighted by atomic mass is 10.00. The Balaban J connectivity index is 1.85. The highest BCUT2D eigenvalue weighted by Crippen LogP contribution is 2.20. The first-order valence-electron chi connectivity index (χ1n) is 8.25. The fourth-order valence-corrected chi connectivity index (χ4v) is 2.21. The van der Waals surface area contributed by atoms with Crippen LogP contribution < -0.4 is 10.1 Å². The number of amides is 1. The van der Waals surface area contributed by atoms with E-state index in [9.17, 15) is 4.79 Å². The third kappa shape index (κ3) is 5.08. The van der Waals surface area contributed by atoms with E-state index in [2.05, 4.69) is 21.4 Å². The van der Waals surface area contributed by atoms with Crippen LogP contribution in [0.5, 0.6) is 5.75 Å². The molecular weight excluding hydrogens is 318 g/mol. The lowest BCUT2D eigenvalue weighted by Crippen LogP contribution is -2.44. The Morgan fingerprint density at radius 3 is 2.72 bits per heavy atom. The van der Waals surface area contributed by atoms with Crippen LogP contribution in [-0.4, -0.2) is 28.7 Å².